The average Bonchev–Trinajstić information content (AvgIpc) is 1.91. The molecule has 0 bridgehead atoms. The van der Waals surface area contributed by atoms with Crippen molar-refractivity contribution in [2.75, 3.05) is 120 Å². The van der Waals surface area contributed by atoms with Gasteiger partial charge in [-0.15, -0.1) is 0 Å². The zero-order valence-corrected chi connectivity index (χ0v) is 49.6. The molecule has 0 radical (unpaired) electrons. The van der Waals surface area contributed by atoms with Gasteiger partial charge in [-0.05, 0) is 104 Å². The van der Waals surface area contributed by atoms with Crippen LogP contribution >= 0.6 is 11.6 Å². The quantitative estimate of drug-likeness (QED) is 0.0708. The lowest BCUT2D eigenvalue weighted by molar-refractivity contribution is -0.138. The lowest BCUT2D eigenvalue weighted by Crippen LogP contribution is -2.52. The van der Waals surface area contributed by atoms with E-state index >= 15 is 8.78 Å². The number of amides is 4. The van der Waals surface area contributed by atoms with Gasteiger partial charge in [0.1, 0.15) is 5.02 Å². The summed E-state index contributed by atoms with van der Waals surface area (Å²) in [4.78, 5) is 75.4. The van der Waals surface area contributed by atoms with Gasteiger partial charge in [-0.25, -0.2) is 27.3 Å². The van der Waals surface area contributed by atoms with Crippen LogP contribution in [0.25, 0.3) is 16.5 Å². The van der Waals surface area contributed by atoms with Gasteiger partial charge in [-0.2, -0.15) is 10.1 Å². The van der Waals surface area contributed by atoms with E-state index in [1.807, 2.05) is 20.8 Å². The summed E-state index contributed by atoms with van der Waals surface area (Å²) in [6.45, 7) is 5.98. The highest BCUT2D eigenvalue weighted by Crippen LogP contribution is 2.47. The second kappa shape index (κ2) is 24.4. The van der Waals surface area contributed by atoms with Gasteiger partial charge >= 0.3 is 12.0 Å². The first-order chi connectivity index (χ1) is 41.5. The number of carbonyl (C=O) groups is 3. The summed E-state index contributed by atoms with van der Waals surface area (Å²) in [5.74, 6) is -1.99. The van der Waals surface area contributed by atoms with Gasteiger partial charge in [0.25, 0.3) is 12.0 Å². The molecule has 460 valence electrons. The number of carbonyl (C=O) groups excluding carboxylic acids is 3. The van der Waals surface area contributed by atoms with Crippen molar-refractivity contribution in [1.82, 2.24) is 54.5 Å². The number of hydrogen-bond donors (Lipinski definition) is 5. The SMILES string of the molecule is CN/C=C(\CN)c1cc2c(cc1C(F)F)N(c1nn(C3CCN(C(=O)CCN4CCN(C(=O)C5CCN(c6ncc(Cl)c(Nc7ccc8c(c7)c7c(c(=O)n8C)OCC(F)(F)[C@H](C8CC8)N7)n6)CC5)CC4)CC3)c3c1CN(C(=O)NC)CC3)CCC2. The molecule has 4 fully saturated rings. The maximum absolute atomic E-state index is 15.3. The smallest absolute Gasteiger partial charge is 0.317 e. The third kappa shape index (κ3) is 11.6. The monoisotopic (exact) mass is 1210 g/mol. The second-order valence-electron chi connectivity index (χ2n) is 23.8. The fourth-order valence-corrected chi connectivity index (χ4v) is 13.7. The van der Waals surface area contributed by atoms with Gasteiger partial charge in [0.15, 0.2) is 18.2 Å². The summed E-state index contributed by atoms with van der Waals surface area (Å²) < 4.78 is 69.2. The van der Waals surface area contributed by atoms with Gasteiger partial charge < -0.3 is 60.8 Å². The first-order valence-electron chi connectivity index (χ1n) is 30.2. The molecule has 1 saturated carbocycles. The highest BCUT2D eigenvalue weighted by Gasteiger charge is 2.51. The molecule has 3 aromatic heterocycles. The van der Waals surface area contributed by atoms with E-state index < -0.39 is 30.6 Å². The van der Waals surface area contributed by atoms with Crippen molar-refractivity contribution in [2.24, 2.45) is 24.6 Å². The Kier molecular flexibility index (Phi) is 16.7. The lowest BCUT2D eigenvalue weighted by Gasteiger charge is -2.39. The lowest BCUT2D eigenvalue weighted by atomic mass is 9.91. The minimum absolute atomic E-state index is 0.00777. The first-order valence-corrected chi connectivity index (χ1v) is 30.5. The van der Waals surface area contributed by atoms with Crippen LogP contribution in [0.15, 0.2) is 47.5 Å². The average molecular weight is 1210 g/mol. The summed E-state index contributed by atoms with van der Waals surface area (Å²) in [5, 5.41) is 18.1. The first kappa shape index (κ1) is 59.0. The van der Waals surface area contributed by atoms with Crippen molar-refractivity contribution in [3.8, 4) is 5.75 Å². The van der Waals surface area contributed by atoms with Crippen molar-refractivity contribution in [2.45, 2.75) is 95.2 Å². The molecule has 9 heterocycles. The molecule has 3 saturated heterocycles. The van der Waals surface area contributed by atoms with E-state index in [1.165, 1.54) is 10.8 Å². The second-order valence-corrected chi connectivity index (χ2v) is 24.2. The standard InChI is InChI=1S/C60H75ClF4N16O5/c1-67-31-38(30-66)41-27-37-5-4-16-80(48(37)29-42(41)53(62)63)55-44-33-79(59(85)68-2)22-14-47(44)81(73-55)40-12-20-76(21-13-40)49(82)15-17-75-23-25-77(26-24-75)56(83)36-10-18-78(19-11-36)58-69-32-45(61)54(72-58)70-39-8-9-46-43(28-39)50-51(57(84)74(46)3)86-34-60(64,65)52(71-50)35-6-7-35/h8-9,27-29,31-32,35-36,40,52-53,67,71H,4-7,10-26,30,33-34,66H2,1-3H3,(H,68,85)(H,69,70,72)/b38-31+/t52-/m0/s1. The van der Waals surface area contributed by atoms with E-state index in [0.717, 1.165) is 23.2 Å². The van der Waals surface area contributed by atoms with E-state index in [0.29, 0.717) is 187 Å². The van der Waals surface area contributed by atoms with Crippen molar-refractivity contribution in [3.63, 3.8) is 0 Å². The van der Waals surface area contributed by atoms with Crippen LogP contribution in [0.2, 0.25) is 5.02 Å². The number of benzene rings is 2. The molecule has 0 unspecified atom stereocenters. The number of halogens is 5. The number of nitrogens with zero attached hydrogens (tertiary/aromatic N) is 11. The normalized spacial score (nSPS) is 20.5. The fourth-order valence-electron chi connectivity index (χ4n) is 13.6. The third-order valence-electron chi connectivity index (χ3n) is 18.5. The van der Waals surface area contributed by atoms with Crippen LogP contribution in [-0.4, -0.2) is 173 Å². The van der Waals surface area contributed by atoms with Gasteiger partial charge in [0, 0.05) is 158 Å². The molecule has 5 aromatic rings. The third-order valence-corrected chi connectivity index (χ3v) is 18.8. The molecule has 86 heavy (non-hydrogen) atoms. The summed E-state index contributed by atoms with van der Waals surface area (Å²) in [6.07, 6.45) is 6.90. The molecule has 2 aromatic carbocycles. The van der Waals surface area contributed by atoms with Crippen LogP contribution in [0.4, 0.5) is 57.0 Å². The van der Waals surface area contributed by atoms with Crippen LogP contribution in [0.1, 0.15) is 91.8 Å². The van der Waals surface area contributed by atoms with Crippen LogP contribution in [0, 0.1) is 11.8 Å². The molecular weight excluding hydrogens is 1140 g/mol. The number of aromatic nitrogens is 5. The highest BCUT2D eigenvalue weighted by atomic mass is 35.5. The predicted octanol–water partition coefficient (Wildman–Crippen LogP) is 6.99. The van der Waals surface area contributed by atoms with Crippen molar-refractivity contribution >= 4 is 80.6 Å². The molecule has 7 aliphatic rings. The number of likely N-dealkylation sites (tertiary alicyclic amines) is 1. The Hall–Kier alpha value is -7.38. The number of urea groups is 1. The maximum Gasteiger partial charge on any atom is 0.317 e. The number of fused-ring (bicyclic) bond motifs is 5. The molecule has 6 aliphatic heterocycles. The molecule has 1 atom stereocenters. The highest BCUT2D eigenvalue weighted by molar-refractivity contribution is 6.33. The number of pyridine rings is 1. The number of nitrogens with one attached hydrogen (secondary N) is 4. The number of piperidine rings is 2. The van der Waals surface area contributed by atoms with Crippen LogP contribution < -0.4 is 47.1 Å². The summed E-state index contributed by atoms with van der Waals surface area (Å²) >= 11 is 6.65. The van der Waals surface area contributed by atoms with E-state index in [4.69, 9.17) is 32.2 Å². The van der Waals surface area contributed by atoms with Crippen molar-refractivity contribution < 1.29 is 36.7 Å². The largest absolute Gasteiger partial charge is 0.480 e. The van der Waals surface area contributed by atoms with Crippen LogP contribution in [0.3, 0.4) is 0 Å². The maximum atomic E-state index is 15.3. The minimum atomic E-state index is -3.17. The number of alkyl halides is 4. The molecule has 1 aliphatic carbocycles. The molecule has 0 spiro atoms. The number of aryl methyl sites for hydroxylation is 2. The summed E-state index contributed by atoms with van der Waals surface area (Å²) in [7, 11) is 4.91. The molecule has 21 nitrogen and oxygen atoms in total. The van der Waals surface area contributed by atoms with Crippen LogP contribution in [-0.2, 0) is 36.0 Å². The van der Waals surface area contributed by atoms with E-state index in [2.05, 4.69) is 40.7 Å². The van der Waals surface area contributed by atoms with E-state index in [9.17, 15) is 28.0 Å². The van der Waals surface area contributed by atoms with Crippen molar-refractivity contribution in [1.29, 1.82) is 0 Å². The zero-order chi connectivity index (χ0) is 60.1. The molecule has 6 N–H and O–H groups in total. The van der Waals surface area contributed by atoms with Crippen LogP contribution in [0.5, 0.6) is 5.75 Å². The van der Waals surface area contributed by atoms with Gasteiger partial charge in [-0.1, -0.05) is 11.6 Å². The number of hydrogen-bond acceptors (Lipinski definition) is 15. The van der Waals surface area contributed by atoms with Gasteiger partial charge in [-0.3, -0.25) is 24.0 Å². The Bertz CT molecular complexity index is 3500. The van der Waals surface area contributed by atoms with Gasteiger partial charge in [0.05, 0.1) is 36.0 Å². The molecule has 12 rings (SSSR count). The Morgan fingerprint density at radius 2 is 1.70 bits per heavy atom. The number of rotatable bonds is 14. The molecule has 4 amide bonds. The topological polar surface area (TPSA) is 220 Å². The van der Waals surface area contributed by atoms with E-state index in [-0.39, 0.29) is 64.3 Å². The van der Waals surface area contributed by atoms with Gasteiger partial charge in [0.2, 0.25) is 23.5 Å². The number of nitrogens with two attached hydrogens (primary N) is 1. The summed E-state index contributed by atoms with van der Waals surface area (Å²) in [5.41, 5.74) is 11.4. The Labute approximate surface area is 501 Å². The Morgan fingerprint density at radius 1 is 0.930 bits per heavy atom. The number of ether oxygens (including phenoxy) is 1. The molecule has 26 heteroatoms. The minimum Gasteiger partial charge on any atom is -0.480 e. The Morgan fingerprint density at radius 3 is 2.41 bits per heavy atom. The number of anilines is 6. The predicted molar refractivity (Wildman–Crippen MR) is 321 cm³/mol. The summed E-state index contributed by atoms with van der Waals surface area (Å²) in [6, 6.07) is 7.37. The van der Waals surface area contributed by atoms with Crippen molar-refractivity contribution in [3.05, 3.63) is 86.1 Å². The number of piperazine rings is 1. The molecular formula is C60H75ClF4N16O5. The van der Waals surface area contributed by atoms with E-state index in [1.54, 1.807) is 56.5 Å². The Balaban J connectivity index is 0.629. The fraction of sp³-hybridized carbons (Fsp3) is 0.550. The zero-order valence-electron chi connectivity index (χ0n) is 48.8.